The van der Waals surface area contributed by atoms with Gasteiger partial charge in [0.1, 0.15) is 0 Å². The molecule has 0 atom stereocenters. The first-order valence-electron chi connectivity index (χ1n) is 5.06. The van der Waals surface area contributed by atoms with E-state index >= 15 is 0 Å². The molecule has 0 saturated heterocycles. The Morgan fingerprint density at radius 3 is 2.67 bits per heavy atom. The van der Waals surface area contributed by atoms with Gasteiger partial charge >= 0.3 is 0 Å². The second-order valence-corrected chi connectivity index (χ2v) is 4.82. The van der Waals surface area contributed by atoms with Crippen LogP contribution in [0, 0.1) is 13.8 Å². The Bertz CT molecular complexity index is 471. The van der Waals surface area contributed by atoms with E-state index in [2.05, 4.69) is 43.5 Å². The second kappa shape index (κ2) is 4.17. The van der Waals surface area contributed by atoms with Crippen molar-refractivity contribution in [3.8, 4) is 11.1 Å². The molecule has 0 unspecified atom stereocenters. The lowest BCUT2D eigenvalue weighted by Crippen LogP contribution is -1.91. The zero-order chi connectivity index (χ0) is 10.8. The molecular weight excluding hydrogens is 202 g/mol. The van der Waals surface area contributed by atoms with Crippen molar-refractivity contribution in [1.29, 1.82) is 0 Å². The van der Waals surface area contributed by atoms with Crippen LogP contribution in [-0.2, 0) is 6.54 Å². The summed E-state index contributed by atoms with van der Waals surface area (Å²) < 4.78 is 0. The summed E-state index contributed by atoms with van der Waals surface area (Å²) >= 11 is 1.73. The molecule has 0 fully saturated rings. The van der Waals surface area contributed by atoms with Crippen LogP contribution in [0.2, 0.25) is 0 Å². The van der Waals surface area contributed by atoms with E-state index in [0.717, 1.165) is 0 Å². The molecular formula is C13H15NS. The van der Waals surface area contributed by atoms with Gasteiger partial charge in [-0.05, 0) is 42.0 Å². The van der Waals surface area contributed by atoms with Gasteiger partial charge in [0.25, 0.3) is 0 Å². The van der Waals surface area contributed by atoms with Gasteiger partial charge in [-0.1, -0.05) is 23.8 Å². The molecule has 0 amide bonds. The molecule has 2 aromatic rings. The quantitative estimate of drug-likeness (QED) is 0.818. The molecule has 0 aliphatic carbocycles. The van der Waals surface area contributed by atoms with E-state index in [-0.39, 0.29) is 0 Å². The van der Waals surface area contributed by atoms with Gasteiger partial charge in [0, 0.05) is 11.4 Å². The van der Waals surface area contributed by atoms with Crippen molar-refractivity contribution in [1.82, 2.24) is 0 Å². The smallest absolute Gasteiger partial charge is 0.0274 e. The maximum atomic E-state index is 5.62. The van der Waals surface area contributed by atoms with Gasteiger partial charge in [-0.3, -0.25) is 0 Å². The Balaban J connectivity index is 2.48. The summed E-state index contributed by atoms with van der Waals surface area (Å²) in [5.74, 6) is 0. The standard InChI is InChI=1S/C13H15NS/c1-9-3-4-10(2)13(5-9)11-6-12(7-14)15-8-11/h3-6,8H,7,14H2,1-2H3. The topological polar surface area (TPSA) is 26.0 Å². The number of thiophene rings is 1. The number of hydrogen-bond donors (Lipinski definition) is 1. The van der Waals surface area contributed by atoms with Gasteiger partial charge in [0.05, 0.1) is 0 Å². The third kappa shape index (κ3) is 2.11. The first-order valence-corrected chi connectivity index (χ1v) is 5.94. The molecule has 2 rings (SSSR count). The van der Waals surface area contributed by atoms with E-state index in [9.17, 15) is 0 Å². The summed E-state index contributed by atoms with van der Waals surface area (Å²) in [4.78, 5) is 1.24. The van der Waals surface area contributed by atoms with Crippen LogP contribution < -0.4 is 5.73 Å². The van der Waals surface area contributed by atoms with Crippen LogP contribution in [0.1, 0.15) is 16.0 Å². The molecule has 1 aromatic carbocycles. The first-order chi connectivity index (χ1) is 7.20. The fourth-order valence-electron chi connectivity index (χ4n) is 1.68. The average molecular weight is 217 g/mol. The third-order valence-corrected chi connectivity index (χ3v) is 3.52. The molecule has 0 bridgehead atoms. The number of nitrogens with two attached hydrogens (primary N) is 1. The third-order valence-electron chi connectivity index (χ3n) is 2.56. The van der Waals surface area contributed by atoms with Crippen LogP contribution in [0.15, 0.2) is 29.6 Å². The SMILES string of the molecule is Cc1ccc(C)c(-c2csc(CN)c2)c1. The fraction of sp³-hybridized carbons (Fsp3) is 0.231. The second-order valence-electron chi connectivity index (χ2n) is 3.82. The highest BCUT2D eigenvalue weighted by atomic mass is 32.1. The van der Waals surface area contributed by atoms with Gasteiger partial charge in [0.2, 0.25) is 0 Å². The Morgan fingerprint density at radius 2 is 2.00 bits per heavy atom. The molecule has 0 aliphatic rings. The van der Waals surface area contributed by atoms with Crippen molar-refractivity contribution in [3.05, 3.63) is 45.6 Å². The molecule has 0 radical (unpaired) electrons. The average Bonchev–Trinajstić information content (AvgIpc) is 2.70. The van der Waals surface area contributed by atoms with Crippen molar-refractivity contribution in [2.45, 2.75) is 20.4 Å². The Morgan fingerprint density at radius 1 is 1.20 bits per heavy atom. The number of aryl methyl sites for hydroxylation is 2. The van der Waals surface area contributed by atoms with Crippen molar-refractivity contribution in [2.24, 2.45) is 5.73 Å². The maximum absolute atomic E-state index is 5.62. The van der Waals surface area contributed by atoms with Crippen LogP contribution in [0.3, 0.4) is 0 Å². The Hall–Kier alpha value is -1.12. The minimum atomic E-state index is 0.634. The predicted octanol–water partition coefficient (Wildman–Crippen LogP) is 3.49. The van der Waals surface area contributed by atoms with Crippen molar-refractivity contribution < 1.29 is 0 Å². The van der Waals surface area contributed by atoms with Crippen molar-refractivity contribution in [3.63, 3.8) is 0 Å². The highest BCUT2D eigenvalue weighted by molar-refractivity contribution is 7.10. The molecule has 0 aliphatic heterocycles. The summed E-state index contributed by atoms with van der Waals surface area (Å²) in [6, 6.07) is 8.74. The van der Waals surface area contributed by atoms with E-state index in [1.165, 1.54) is 27.1 Å². The van der Waals surface area contributed by atoms with E-state index in [0.29, 0.717) is 6.54 Å². The lowest BCUT2D eigenvalue weighted by Gasteiger charge is -2.04. The predicted molar refractivity (Wildman–Crippen MR) is 67.1 cm³/mol. The molecule has 15 heavy (non-hydrogen) atoms. The molecule has 0 saturated carbocycles. The zero-order valence-corrected chi connectivity index (χ0v) is 9.90. The molecule has 2 heteroatoms. The Labute approximate surface area is 94.6 Å². The van der Waals surface area contributed by atoms with E-state index in [4.69, 9.17) is 5.73 Å². The molecule has 2 N–H and O–H groups in total. The summed E-state index contributed by atoms with van der Waals surface area (Å²) in [7, 11) is 0. The van der Waals surface area contributed by atoms with Gasteiger partial charge in [-0.25, -0.2) is 0 Å². The van der Waals surface area contributed by atoms with Gasteiger partial charge in [0.15, 0.2) is 0 Å². The molecule has 1 aromatic heterocycles. The van der Waals surface area contributed by atoms with E-state index in [1.807, 2.05) is 0 Å². The summed E-state index contributed by atoms with van der Waals surface area (Å²) in [6.45, 7) is 4.91. The van der Waals surface area contributed by atoms with Crippen LogP contribution in [0.25, 0.3) is 11.1 Å². The fourth-order valence-corrected chi connectivity index (χ4v) is 2.44. The maximum Gasteiger partial charge on any atom is 0.0274 e. The zero-order valence-electron chi connectivity index (χ0n) is 9.08. The van der Waals surface area contributed by atoms with E-state index in [1.54, 1.807) is 11.3 Å². The summed E-state index contributed by atoms with van der Waals surface area (Å²) in [6.07, 6.45) is 0. The van der Waals surface area contributed by atoms with Gasteiger partial charge < -0.3 is 5.73 Å². The largest absolute Gasteiger partial charge is 0.326 e. The number of benzene rings is 1. The van der Waals surface area contributed by atoms with Crippen LogP contribution in [-0.4, -0.2) is 0 Å². The first kappa shape index (κ1) is 10.4. The molecule has 1 nitrogen and oxygen atoms in total. The van der Waals surface area contributed by atoms with Crippen LogP contribution >= 0.6 is 11.3 Å². The van der Waals surface area contributed by atoms with Gasteiger partial charge in [-0.15, -0.1) is 11.3 Å². The highest BCUT2D eigenvalue weighted by Crippen LogP contribution is 2.28. The molecule has 1 heterocycles. The molecule has 0 spiro atoms. The Kier molecular flexibility index (Phi) is 2.89. The highest BCUT2D eigenvalue weighted by Gasteiger charge is 2.04. The van der Waals surface area contributed by atoms with Gasteiger partial charge in [-0.2, -0.15) is 0 Å². The summed E-state index contributed by atoms with van der Waals surface area (Å²) in [5.41, 5.74) is 10.9. The lowest BCUT2D eigenvalue weighted by molar-refractivity contribution is 1.11. The van der Waals surface area contributed by atoms with Crippen molar-refractivity contribution >= 4 is 11.3 Å². The van der Waals surface area contributed by atoms with Crippen LogP contribution in [0.4, 0.5) is 0 Å². The minimum Gasteiger partial charge on any atom is -0.326 e. The number of hydrogen-bond acceptors (Lipinski definition) is 2. The van der Waals surface area contributed by atoms with E-state index < -0.39 is 0 Å². The summed E-state index contributed by atoms with van der Waals surface area (Å²) in [5, 5.41) is 2.18. The minimum absolute atomic E-state index is 0.634. The number of rotatable bonds is 2. The monoisotopic (exact) mass is 217 g/mol. The normalized spacial score (nSPS) is 10.6. The van der Waals surface area contributed by atoms with Crippen LogP contribution in [0.5, 0.6) is 0 Å². The molecule has 78 valence electrons. The van der Waals surface area contributed by atoms with Crippen molar-refractivity contribution in [2.75, 3.05) is 0 Å². The lowest BCUT2D eigenvalue weighted by atomic mass is 10.0.